The van der Waals surface area contributed by atoms with Gasteiger partial charge in [-0.3, -0.25) is 4.55 Å². The van der Waals surface area contributed by atoms with Crippen LogP contribution in [0.3, 0.4) is 0 Å². The molecule has 0 spiro atoms. The fourth-order valence-electron chi connectivity index (χ4n) is 3.42. The van der Waals surface area contributed by atoms with Crippen LogP contribution >= 0.6 is 0 Å². The van der Waals surface area contributed by atoms with Gasteiger partial charge in [-0.05, 0) is 22.8 Å². The van der Waals surface area contributed by atoms with E-state index in [9.17, 15) is 13.0 Å². The van der Waals surface area contributed by atoms with Gasteiger partial charge in [-0.25, -0.2) is 0 Å². The molecule has 1 N–H and O–H groups in total. The highest BCUT2D eigenvalue weighted by molar-refractivity contribution is 7.81. The van der Waals surface area contributed by atoms with Crippen LogP contribution in [0.2, 0.25) is 0 Å². The molecular weight excluding hydrogens is 360 g/mol. The molecule has 0 aliphatic heterocycles. The Kier molecular flexibility index (Phi) is 5.63. The summed E-state index contributed by atoms with van der Waals surface area (Å²) < 4.78 is 37.0. The number of hydrogen-bond acceptors (Lipinski definition) is 3. The van der Waals surface area contributed by atoms with Crippen LogP contribution in [0.4, 0.5) is 0 Å². The van der Waals surface area contributed by atoms with Crippen LogP contribution < -0.4 is 4.18 Å². The Morgan fingerprint density at radius 1 is 0.741 bits per heavy atom. The summed E-state index contributed by atoms with van der Waals surface area (Å²) in [5.41, 5.74) is 3.85. The third kappa shape index (κ3) is 4.56. The Morgan fingerprint density at radius 2 is 1.26 bits per heavy atom. The molecule has 3 aromatic rings. The highest BCUT2D eigenvalue weighted by atomic mass is 32.3. The lowest BCUT2D eigenvalue weighted by Gasteiger charge is -2.24. The van der Waals surface area contributed by atoms with Crippen LogP contribution in [0.5, 0.6) is 5.75 Å². The molecule has 2 unspecified atom stereocenters. The number of benzene rings is 3. The normalized spacial score (nSPS) is 13.7. The molecule has 2 atom stereocenters. The third-order valence-electron chi connectivity index (χ3n) is 4.79. The molecular formula is C22H22O4S. The Balaban J connectivity index is 2.17. The zero-order valence-corrected chi connectivity index (χ0v) is 16.1. The molecule has 0 radical (unpaired) electrons. The van der Waals surface area contributed by atoms with E-state index < -0.39 is 10.4 Å². The van der Waals surface area contributed by atoms with Crippen molar-refractivity contribution in [1.82, 2.24) is 0 Å². The predicted molar refractivity (Wildman–Crippen MR) is 107 cm³/mol. The molecule has 0 fully saturated rings. The van der Waals surface area contributed by atoms with E-state index in [0.29, 0.717) is 0 Å². The summed E-state index contributed by atoms with van der Waals surface area (Å²) in [6.45, 7) is 4.08. The number of rotatable bonds is 6. The van der Waals surface area contributed by atoms with Gasteiger partial charge in [0.15, 0.2) is 0 Å². The van der Waals surface area contributed by atoms with Crippen molar-refractivity contribution in [1.29, 1.82) is 0 Å². The van der Waals surface area contributed by atoms with Crippen molar-refractivity contribution in [2.24, 2.45) is 0 Å². The van der Waals surface area contributed by atoms with E-state index in [1.165, 1.54) is 0 Å². The maximum atomic E-state index is 11.4. The summed E-state index contributed by atoms with van der Waals surface area (Å²) in [6.07, 6.45) is 0. The summed E-state index contributed by atoms with van der Waals surface area (Å²) in [5, 5.41) is 0. The van der Waals surface area contributed by atoms with Gasteiger partial charge in [0.25, 0.3) is 0 Å². The minimum atomic E-state index is -4.62. The van der Waals surface area contributed by atoms with Gasteiger partial charge in [-0.1, -0.05) is 86.6 Å². The lowest BCUT2D eigenvalue weighted by Crippen LogP contribution is -2.12. The molecule has 0 amide bonds. The fraction of sp³-hybridized carbons (Fsp3) is 0.182. The van der Waals surface area contributed by atoms with E-state index in [1.807, 2.05) is 73.7 Å². The van der Waals surface area contributed by atoms with Crippen molar-refractivity contribution in [2.45, 2.75) is 25.7 Å². The van der Waals surface area contributed by atoms with Gasteiger partial charge in [0, 0.05) is 17.4 Å². The van der Waals surface area contributed by atoms with Gasteiger partial charge in [0.1, 0.15) is 5.75 Å². The first-order valence-corrected chi connectivity index (χ1v) is 10.1. The molecule has 0 aliphatic rings. The first-order chi connectivity index (χ1) is 12.9. The third-order valence-corrected chi connectivity index (χ3v) is 5.18. The van der Waals surface area contributed by atoms with E-state index in [1.54, 1.807) is 12.1 Å². The number of hydrogen-bond donors (Lipinski definition) is 1. The average Bonchev–Trinajstić information content (AvgIpc) is 2.67. The summed E-state index contributed by atoms with van der Waals surface area (Å²) >= 11 is 0. The van der Waals surface area contributed by atoms with Crippen LogP contribution in [-0.4, -0.2) is 13.0 Å². The second-order valence-electron chi connectivity index (χ2n) is 6.53. The molecule has 3 aromatic carbocycles. The molecule has 0 aromatic heterocycles. The lowest BCUT2D eigenvalue weighted by atomic mass is 9.82. The minimum Gasteiger partial charge on any atom is -0.361 e. The highest BCUT2D eigenvalue weighted by Crippen LogP contribution is 2.39. The molecule has 0 saturated carbocycles. The van der Waals surface area contributed by atoms with E-state index >= 15 is 0 Å². The SMILES string of the molecule is CC(c1ccccc1)c1cccc(OS(=O)(=O)O)c1C(C)c1ccccc1. The summed E-state index contributed by atoms with van der Waals surface area (Å²) in [5.74, 6) is 0.0526. The quantitative estimate of drug-likeness (QED) is 0.597. The Morgan fingerprint density at radius 3 is 1.78 bits per heavy atom. The average molecular weight is 382 g/mol. The topological polar surface area (TPSA) is 63.6 Å². The predicted octanol–water partition coefficient (Wildman–Crippen LogP) is 5.17. The first-order valence-electron chi connectivity index (χ1n) is 8.76. The van der Waals surface area contributed by atoms with Gasteiger partial charge in [-0.15, -0.1) is 0 Å². The second kappa shape index (κ2) is 7.94. The summed E-state index contributed by atoms with van der Waals surface area (Å²) in [4.78, 5) is 0. The zero-order chi connectivity index (χ0) is 19.4. The molecule has 140 valence electrons. The standard InChI is InChI=1S/C22H22O4S/c1-16(18-10-5-3-6-11-18)20-14-9-15-21(26-27(23,24)25)22(20)17(2)19-12-7-4-8-13-19/h3-17H,1-2H3,(H,23,24,25). The largest absolute Gasteiger partial charge is 0.446 e. The Bertz CT molecular complexity index is 999. The smallest absolute Gasteiger partial charge is 0.361 e. The van der Waals surface area contributed by atoms with Gasteiger partial charge < -0.3 is 4.18 Å². The van der Waals surface area contributed by atoms with Crippen molar-refractivity contribution in [3.8, 4) is 5.75 Å². The highest BCUT2D eigenvalue weighted by Gasteiger charge is 2.24. The van der Waals surface area contributed by atoms with Crippen LogP contribution in [0.15, 0.2) is 78.9 Å². The van der Waals surface area contributed by atoms with Crippen molar-refractivity contribution in [3.05, 3.63) is 101 Å². The Labute approximate surface area is 160 Å². The zero-order valence-electron chi connectivity index (χ0n) is 15.2. The van der Waals surface area contributed by atoms with E-state index in [0.717, 1.165) is 22.3 Å². The minimum absolute atomic E-state index is 0.0253. The van der Waals surface area contributed by atoms with E-state index in [-0.39, 0.29) is 17.6 Å². The molecule has 5 heteroatoms. The van der Waals surface area contributed by atoms with Gasteiger partial charge in [-0.2, -0.15) is 8.42 Å². The maximum Gasteiger partial charge on any atom is 0.446 e. The van der Waals surface area contributed by atoms with E-state index in [2.05, 4.69) is 6.92 Å². The van der Waals surface area contributed by atoms with Gasteiger partial charge >= 0.3 is 10.4 Å². The lowest BCUT2D eigenvalue weighted by molar-refractivity contribution is 0.384. The van der Waals surface area contributed by atoms with E-state index in [4.69, 9.17) is 4.18 Å². The monoisotopic (exact) mass is 382 g/mol. The van der Waals surface area contributed by atoms with Crippen LogP contribution in [0, 0.1) is 0 Å². The van der Waals surface area contributed by atoms with Crippen molar-refractivity contribution in [2.75, 3.05) is 0 Å². The molecule has 0 bridgehead atoms. The molecule has 27 heavy (non-hydrogen) atoms. The maximum absolute atomic E-state index is 11.4. The van der Waals surface area contributed by atoms with Gasteiger partial charge in [0.05, 0.1) is 0 Å². The molecule has 0 saturated heterocycles. The Hall–Kier alpha value is -2.63. The van der Waals surface area contributed by atoms with Crippen molar-refractivity contribution >= 4 is 10.4 Å². The molecule has 0 heterocycles. The summed E-state index contributed by atoms with van der Waals surface area (Å²) in [7, 11) is -4.62. The molecule has 3 rings (SSSR count). The molecule has 4 nitrogen and oxygen atoms in total. The van der Waals surface area contributed by atoms with Crippen LogP contribution in [0.25, 0.3) is 0 Å². The van der Waals surface area contributed by atoms with Crippen molar-refractivity contribution < 1.29 is 17.2 Å². The van der Waals surface area contributed by atoms with Gasteiger partial charge in [0.2, 0.25) is 0 Å². The van der Waals surface area contributed by atoms with Crippen LogP contribution in [0.1, 0.15) is 47.9 Å². The fourth-order valence-corrected chi connectivity index (χ4v) is 3.79. The second-order valence-corrected chi connectivity index (χ2v) is 7.56. The summed E-state index contributed by atoms with van der Waals surface area (Å²) in [6, 6.07) is 25.1. The van der Waals surface area contributed by atoms with Crippen LogP contribution in [-0.2, 0) is 10.4 Å². The van der Waals surface area contributed by atoms with Crippen molar-refractivity contribution in [3.63, 3.8) is 0 Å². The first kappa shape index (κ1) is 19.1. The molecule has 0 aliphatic carbocycles.